The van der Waals surface area contributed by atoms with Crippen LogP contribution in [0.4, 0.5) is 5.95 Å². The molecule has 0 spiro atoms. The van der Waals surface area contributed by atoms with Crippen molar-refractivity contribution in [1.82, 2.24) is 9.55 Å². The van der Waals surface area contributed by atoms with E-state index in [2.05, 4.69) is 35.6 Å². The molecule has 18 heavy (non-hydrogen) atoms. The third kappa shape index (κ3) is 6.05. The fourth-order valence-electron chi connectivity index (χ4n) is 1.62. The van der Waals surface area contributed by atoms with Crippen molar-refractivity contribution in [3.05, 3.63) is 12.4 Å². The Labute approximate surface area is 111 Å². The molecule has 4 nitrogen and oxygen atoms in total. The van der Waals surface area contributed by atoms with Crippen molar-refractivity contribution in [1.29, 1.82) is 0 Å². The fraction of sp³-hybridized carbons (Fsp3) is 0.786. The highest BCUT2D eigenvalue weighted by molar-refractivity contribution is 5.25. The summed E-state index contributed by atoms with van der Waals surface area (Å²) in [6.07, 6.45) is 7.35. The summed E-state index contributed by atoms with van der Waals surface area (Å²) in [5, 5.41) is 3.35. The molecule has 0 aliphatic rings. The Bertz CT molecular complexity index is 310. The van der Waals surface area contributed by atoms with Gasteiger partial charge in [0.15, 0.2) is 0 Å². The molecule has 0 unspecified atom stereocenters. The molecule has 0 radical (unpaired) electrons. The molecule has 0 saturated heterocycles. The molecule has 0 aliphatic heterocycles. The normalized spacial score (nSPS) is 11.1. The summed E-state index contributed by atoms with van der Waals surface area (Å²) in [7, 11) is 0. The molecule has 0 amide bonds. The molecule has 0 fully saturated rings. The molecule has 1 aromatic heterocycles. The van der Waals surface area contributed by atoms with Crippen LogP contribution < -0.4 is 5.32 Å². The van der Waals surface area contributed by atoms with Crippen molar-refractivity contribution in [2.45, 2.75) is 46.6 Å². The first-order valence-corrected chi connectivity index (χ1v) is 7.06. The van der Waals surface area contributed by atoms with Gasteiger partial charge in [0.05, 0.1) is 6.61 Å². The van der Waals surface area contributed by atoms with Crippen LogP contribution in [0.5, 0.6) is 0 Å². The lowest BCUT2D eigenvalue weighted by Crippen LogP contribution is -2.12. The summed E-state index contributed by atoms with van der Waals surface area (Å²) in [5.74, 6) is 1.67. The molecular formula is C14H27N3O. The molecular weight excluding hydrogens is 226 g/mol. The lowest BCUT2D eigenvalue weighted by Gasteiger charge is -2.10. The van der Waals surface area contributed by atoms with E-state index in [-0.39, 0.29) is 0 Å². The summed E-state index contributed by atoms with van der Waals surface area (Å²) < 4.78 is 7.74. The lowest BCUT2D eigenvalue weighted by molar-refractivity contribution is 0.116. The van der Waals surface area contributed by atoms with E-state index in [0.29, 0.717) is 5.92 Å². The Hall–Kier alpha value is -1.03. The number of hydrogen-bond donors (Lipinski definition) is 1. The zero-order valence-corrected chi connectivity index (χ0v) is 12.0. The van der Waals surface area contributed by atoms with Crippen LogP contribution in [0.3, 0.4) is 0 Å². The standard InChI is InChI=1S/C14H27N3O/c1-4-5-7-15-14-16-8-9-17(14)10-12-18-11-6-13(2)3/h8-9,13H,4-7,10-12H2,1-3H3,(H,15,16). The number of rotatable bonds is 10. The minimum absolute atomic E-state index is 0.713. The average molecular weight is 253 g/mol. The van der Waals surface area contributed by atoms with Gasteiger partial charge in [-0.05, 0) is 18.8 Å². The number of anilines is 1. The average Bonchev–Trinajstić information content (AvgIpc) is 2.76. The van der Waals surface area contributed by atoms with Crippen LogP contribution in [0.25, 0.3) is 0 Å². The van der Waals surface area contributed by atoms with Gasteiger partial charge >= 0.3 is 0 Å². The maximum absolute atomic E-state index is 5.62. The molecule has 1 aromatic rings. The van der Waals surface area contributed by atoms with Crippen LogP contribution in [-0.2, 0) is 11.3 Å². The van der Waals surface area contributed by atoms with E-state index in [1.54, 1.807) is 0 Å². The Morgan fingerprint density at radius 1 is 1.39 bits per heavy atom. The summed E-state index contributed by atoms with van der Waals surface area (Å²) >= 11 is 0. The summed E-state index contributed by atoms with van der Waals surface area (Å²) in [6.45, 7) is 10.1. The number of ether oxygens (including phenoxy) is 1. The van der Waals surface area contributed by atoms with Crippen LogP contribution >= 0.6 is 0 Å². The van der Waals surface area contributed by atoms with E-state index >= 15 is 0 Å². The number of aromatic nitrogens is 2. The van der Waals surface area contributed by atoms with Crippen molar-refractivity contribution < 1.29 is 4.74 Å². The van der Waals surface area contributed by atoms with Gasteiger partial charge in [0.1, 0.15) is 0 Å². The van der Waals surface area contributed by atoms with Gasteiger partial charge in [-0.15, -0.1) is 0 Å². The van der Waals surface area contributed by atoms with Crippen LogP contribution in [0.1, 0.15) is 40.0 Å². The van der Waals surface area contributed by atoms with Gasteiger partial charge in [0.2, 0.25) is 5.95 Å². The number of nitrogens with zero attached hydrogens (tertiary/aromatic N) is 2. The number of unbranched alkanes of at least 4 members (excludes halogenated alkanes) is 1. The van der Waals surface area contributed by atoms with Crippen molar-refractivity contribution in [3.8, 4) is 0 Å². The van der Waals surface area contributed by atoms with Crippen molar-refractivity contribution in [3.63, 3.8) is 0 Å². The molecule has 104 valence electrons. The largest absolute Gasteiger partial charge is 0.380 e. The molecule has 0 bridgehead atoms. The number of nitrogens with one attached hydrogen (secondary N) is 1. The Morgan fingerprint density at radius 3 is 2.94 bits per heavy atom. The van der Waals surface area contributed by atoms with E-state index in [9.17, 15) is 0 Å². The van der Waals surface area contributed by atoms with Crippen LogP contribution in [-0.4, -0.2) is 29.3 Å². The number of imidazole rings is 1. The highest BCUT2D eigenvalue weighted by Crippen LogP contribution is 2.05. The Balaban J connectivity index is 2.19. The monoisotopic (exact) mass is 253 g/mol. The Morgan fingerprint density at radius 2 is 2.22 bits per heavy atom. The van der Waals surface area contributed by atoms with E-state index in [4.69, 9.17) is 4.74 Å². The molecule has 0 atom stereocenters. The van der Waals surface area contributed by atoms with Gasteiger partial charge < -0.3 is 14.6 Å². The van der Waals surface area contributed by atoms with Crippen LogP contribution in [0.15, 0.2) is 12.4 Å². The SMILES string of the molecule is CCCCNc1nccn1CCOCCC(C)C. The fourth-order valence-corrected chi connectivity index (χ4v) is 1.62. The van der Waals surface area contributed by atoms with Crippen LogP contribution in [0, 0.1) is 5.92 Å². The highest BCUT2D eigenvalue weighted by Gasteiger charge is 2.01. The van der Waals surface area contributed by atoms with Gasteiger partial charge in [0.25, 0.3) is 0 Å². The second-order valence-electron chi connectivity index (χ2n) is 5.02. The molecule has 4 heteroatoms. The van der Waals surface area contributed by atoms with Gasteiger partial charge in [-0.3, -0.25) is 0 Å². The zero-order valence-electron chi connectivity index (χ0n) is 12.0. The molecule has 1 rings (SSSR count). The summed E-state index contributed by atoms with van der Waals surface area (Å²) in [5.41, 5.74) is 0. The molecule has 1 N–H and O–H groups in total. The first kappa shape index (κ1) is 15.0. The predicted octanol–water partition coefficient (Wildman–Crippen LogP) is 3.16. The number of hydrogen-bond acceptors (Lipinski definition) is 3. The molecule has 1 heterocycles. The molecule has 0 aliphatic carbocycles. The Kier molecular flexibility index (Phi) is 7.49. The highest BCUT2D eigenvalue weighted by atomic mass is 16.5. The quantitative estimate of drug-likeness (QED) is 0.651. The van der Waals surface area contributed by atoms with Crippen molar-refractivity contribution in [2.24, 2.45) is 5.92 Å². The van der Waals surface area contributed by atoms with Gasteiger partial charge in [-0.2, -0.15) is 0 Å². The summed E-state index contributed by atoms with van der Waals surface area (Å²) in [6, 6.07) is 0. The van der Waals surface area contributed by atoms with Gasteiger partial charge in [0, 0.05) is 32.1 Å². The topological polar surface area (TPSA) is 39.1 Å². The third-order valence-electron chi connectivity index (χ3n) is 2.84. The summed E-state index contributed by atoms with van der Waals surface area (Å²) in [4.78, 5) is 4.31. The second-order valence-corrected chi connectivity index (χ2v) is 5.02. The maximum Gasteiger partial charge on any atom is 0.202 e. The van der Waals surface area contributed by atoms with E-state index < -0.39 is 0 Å². The minimum atomic E-state index is 0.713. The van der Waals surface area contributed by atoms with E-state index in [1.165, 1.54) is 12.8 Å². The van der Waals surface area contributed by atoms with E-state index in [0.717, 1.165) is 38.7 Å². The smallest absolute Gasteiger partial charge is 0.202 e. The minimum Gasteiger partial charge on any atom is -0.380 e. The second kappa shape index (κ2) is 8.97. The molecule has 0 saturated carbocycles. The van der Waals surface area contributed by atoms with Crippen molar-refractivity contribution in [2.75, 3.05) is 25.1 Å². The van der Waals surface area contributed by atoms with Gasteiger partial charge in [-0.25, -0.2) is 4.98 Å². The van der Waals surface area contributed by atoms with E-state index in [1.807, 2.05) is 12.4 Å². The first-order valence-electron chi connectivity index (χ1n) is 7.06. The molecule has 0 aromatic carbocycles. The van der Waals surface area contributed by atoms with Gasteiger partial charge in [-0.1, -0.05) is 27.2 Å². The maximum atomic E-state index is 5.62. The third-order valence-corrected chi connectivity index (χ3v) is 2.84. The zero-order chi connectivity index (χ0) is 13.2. The van der Waals surface area contributed by atoms with Crippen LogP contribution in [0.2, 0.25) is 0 Å². The first-order chi connectivity index (χ1) is 8.74. The lowest BCUT2D eigenvalue weighted by atomic mass is 10.1. The van der Waals surface area contributed by atoms with Crippen molar-refractivity contribution >= 4 is 5.95 Å². The predicted molar refractivity (Wildman–Crippen MR) is 75.9 cm³/mol.